The Morgan fingerprint density at radius 1 is 1.35 bits per heavy atom. The van der Waals surface area contributed by atoms with Crippen LogP contribution in [0.4, 0.5) is 0 Å². The summed E-state index contributed by atoms with van der Waals surface area (Å²) in [5.41, 5.74) is 7.10. The van der Waals surface area contributed by atoms with Gasteiger partial charge >= 0.3 is 0 Å². The smallest absolute Gasteiger partial charge is 0.109 e. The maximum Gasteiger partial charge on any atom is 0.109 e. The van der Waals surface area contributed by atoms with Crippen molar-refractivity contribution >= 4 is 23.2 Å². The molecule has 0 aliphatic carbocycles. The summed E-state index contributed by atoms with van der Waals surface area (Å²) in [6, 6.07) is 5.34. The maximum atomic E-state index is 6.11. The second kappa shape index (κ2) is 5.76. The zero-order chi connectivity index (χ0) is 12.3. The van der Waals surface area contributed by atoms with Crippen LogP contribution in [0, 0.1) is 0 Å². The molecular formula is C13H15Cl2NO. The first-order chi connectivity index (χ1) is 8.16. The molecule has 0 radical (unpaired) electrons. The molecule has 1 aromatic rings. The number of ether oxygens (including phenoxy) is 1. The first-order valence-corrected chi connectivity index (χ1v) is 6.45. The number of hydrogen-bond donors (Lipinski definition) is 1. The van der Waals surface area contributed by atoms with Gasteiger partial charge in [-0.3, -0.25) is 0 Å². The van der Waals surface area contributed by atoms with E-state index < -0.39 is 0 Å². The van der Waals surface area contributed by atoms with Crippen molar-refractivity contribution in [2.75, 3.05) is 6.61 Å². The monoisotopic (exact) mass is 271 g/mol. The van der Waals surface area contributed by atoms with E-state index in [1.165, 1.54) is 0 Å². The number of nitrogens with two attached hydrogens (primary N) is 1. The van der Waals surface area contributed by atoms with Crippen molar-refractivity contribution in [2.24, 2.45) is 5.73 Å². The molecule has 1 unspecified atom stereocenters. The van der Waals surface area contributed by atoms with Gasteiger partial charge in [-0.25, -0.2) is 0 Å². The predicted octanol–water partition coefficient (Wildman–Crippen LogP) is 3.56. The molecule has 1 atom stereocenters. The molecular weight excluding hydrogens is 257 g/mol. The van der Waals surface area contributed by atoms with Crippen LogP contribution in [0.1, 0.15) is 18.4 Å². The fourth-order valence-electron chi connectivity index (χ4n) is 1.86. The molecule has 1 aliphatic heterocycles. The van der Waals surface area contributed by atoms with Crippen molar-refractivity contribution in [2.45, 2.75) is 25.3 Å². The van der Waals surface area contributed by atoms with E-state index >= 15 is 0 Å². The molecule has 0 bridgehead atoms. The lowest BCUT2D eigenvalue weighted by molar-refractivity contribution is 0.175. The molecule has 1 aromatic carbocycles. The molecule has 0 fully saturated rings. The number of benzene rings is 1. The standard InChI is InChI=1S/C13H15Cl2NO/c14-10-5-4-9(11(15)8-10)7-12(16)13-3-1-2-6-17-13/h3-5,8,12H,1-2,6-7,16H2. The van der Waals surface area contributed by atoms with Crippen LogP contribution in [0.5, 0.6) is 0 Å². The minimum absolute atomic E-state index is 0.131. The van der Waals surface area contributed by atoms with Crippen LogP contribution in [-0.2, 0) is 11.2 Å². The summed E-state index contributed by atoms with van der Waals surface area (Å²) in [6.07, 6.45) is 4.84. The number of hydrogen-bond acceptors (Lipinski definition) is 2. The van der Waals surface area contributed by atoms with E-state index in [1.807, 2.05) is 12.1 Å². The van der Waals surface area contributed by atoms with Crippen LogP contribution in [0.25, 0.3) is 0 Å². The molecule has 2 rings (SSSR count). The summed E-state index contributed by atoms with van der Waals surface area (Å²) in [4.78, 5) is 0. The second-order valence-electron chi connectivity index (χ2n) is 4.14. The lowest BCUT2D eigenvalue weighted by Crippen LogP contribution is -2.28. The Morgan fingerprint density at radius 2 is 2.18 bits per heavy atom. The van der Waals surface area contributed by atoms with Gasteiger partial charge < -0.3 is 10.5 Å². The second-order valence-corrected chi connectivity index (χ2v) is 4.99. The van der Waals surface area contributed by atoms with Crippen LogP contribution in [0.2, 0.25) is 10.0 Å². The summed E-state index contributed by atoms with van der Waals surface area (Å²) in [5, 5.41) is 1.30. The van der Waals surface area contributed by atoms with Crippen molar-refractivity contribution in [3.05, 3.63) is 45.6 Å². The van der Waals surface area contributed by atoms with Gasteiger partial charge in [-0.2, -0.15) is 0 Å². The van der Waals surface area contributed by atoms with Crippen molar-refractivity contribution < 1.29 is 4.74 Å². The quantitative estimate of drug-likeness (QED) is 0.913. The molecule has 92 valence electrons. The highest BCUT2D eigenvalue weighted by atomic mass is 35.5. The SMILES string of the molecule is NC(Cc1ccc(Cl)cc1Cl)C1=CCCCO1. The largest absolute Gasteiger partial charge is 0.497 e. The van der Waals surface area contributed by atoms with E-state index in [9.17, 15) is 0 Å². The average Bonchev–Trinajstić information content (AvgIpc) is 2.34. The molecule has 1 heterocycles. The third kappa shape index (κ3) is 3.38. The third-order valence-electron chi connectivity index (χ3n) is 2.78. The van der Waals surface area contributed by atoms with Gasteiger partial charge in [-0.1, -0.05) is 29.3 Å². The van der Waals surface area contributed by atoms with Crippen LogP contribution < -0.4 is 5.73 Å². The lowest BCUT2D eigenvalue weighted by Gasteiger charge is -2.21. The Bertz CT molecular complexity index is 431. The van der Waals surface area contributed by atoms with Crippen LogP contribution in [0.3, 0.4) is 0 Å². The van der Waals surface area contributed by atoms with E-state index in [1.54, 1.807) is 6.07 Å². The Balaban J connectivity index is 2.07. The van der Waals surface area contributed by atoms with Gasteiger partial charge in [-0.15, -0.1) is 0 Å². The fraction of sp³-hybridized carbons (Fsp3) is 0.385. The minimum Gasteiger partial charge on any atom is -0.497 e. The highest BCUT2D eigenvalue weighted by Crippen LogP contribution is 2.24. The summed E-state index contributed by atoms with van der Waals surface area (Å²) in [6.45, 7) is 0.758. The Kier molecular flexibility index (Phi) is 4.32. The van der Waals surface area contributed by atoms with Crippen LogP contribution in [-0.4, -0.2) is 12.6 Å². The Morgan fingerprint density at radius 3 is 2.82 bits per heavy atom. The maximum absolute atomic E-state index is 6.11. The molecule has 0 amide bonds. The van der Waals surface area contributed by atoms with Gasteiger partial charge in [-0.05, 0) is 43.0 Å². The molecule has 0 aromatic heterocycles. The molecule has 2 N–H and O–H groups in total. The predicted molar refractivity (Wildman–Crippen MR) is 71.4 cm³/mol. The average molecular weight is 272 g/mol. The summed E-state index contributed by atoms with van der Waals surface area (Å²) < 4.78 is 5.54. The topological polar surface area (TPSA) is 35.2 Å². The lowest BCUT2D eigenvalue weighted by atomic mass is 10.0. The van der Waals surface area contributed by atoms with Crippen molar-refractivity contribution in [1.29, 1.82) is 0 Å². The number of halogens is 2. The van der Waals surface area contributed by atoms with Gasteiger partial charge in [0.15, 0.2) is 0 Å². The van der Waals surface area contributed by atoms with Gasteiger partial charge in [0.05, 0.1) is 12.6 Å². The summed E-state index contributed by atoms with van der Waals surface area (Å²) in [7, 11) is 0. The Labute approximate surface area is 111 Å². The molecule has 4 heteroatoms. The number of rotatable bonds is 3. The van der Waals surface area contributed by atoms with Crippen molar-refractivity contribution in [3.63, 3.8) is 0 Å². The highest BCUT2D eigenvalue weighted by molar-refractivity contribution is 6.35. The van der Waals surface area contributed by atoms with E-state index in [2.05, 4.69) is 6.08 Å². The molecule has 2 nitrogen and oxygen atoms in total. The Hall–Kier alpha value is -0.700. The fourth-order valence-corrected chi connectivity index (χ4v) is 2.35. The molecule has 1 aliphatic rings. The first-order valence-electron chi connectivity index (χ1n) is 5.69. The first kappa shape index (κ1) is 12.7. The van der Waals surface area contributed by atoms with Gasteiger partial charge in [0.1, 0.15) is 5.76 Å². The van der Waals surface area contributed by atoms with Crippen molar-refractivity contribution in [1.82, 2.24) is 0 Å². The highest BCUT2D eigenvalue weighted by Gasteiger charge is 2.15. The van der Waals surface area contributed by atoms with Gasteiger partial charge in [0.25, 0.3) is 0 Å². The number of allylic oxidation sites excluding steroid dienone is 1. The van der Waals surface area contributed by atoms with Gasteiger partial charge in [0.2, 0.25) is 0 Å². The van der Waals surface area contributed by atoms with E-state index in [4.69, 9.17) is 33.7 Å². The van der Waals surface area contributed by atoms with E-state index in [0.717, 1.165) is 30.8 Å². The minimum atomic E-state index is -0.131. The van der Waals surface area contributed by atoms with E-state index in [0.29, 0.717) is 16.5 Å². The van der Waals surface area contributed by atoms with Crippen LogP contribution in [0.15, 0.2) is 30.0 Å². The van der Waals surface area contributed by atoms with Crippen LogP contribution >= 0.6 is 23.2 Å². The molecule has 0 saturated heterocycles. The third-order valence-corrected chi connectivity index (χ3v) is 3.37. The van der Waals surface area contributed by atoms with Gasteiger partial charge in [0, 0.05) is 10.0 Å². The molecule has 0 saturated carbocycles. The zero-order valence-corrected chi connectivity index (χ0v) is 11.0. The summed E-state index contributed by atoms with van der Waals surface area (Å²) in [5.74, 6) is 0.877. The summed E-state index contributed by atoms with van der Waals surface area (Å²) >= 11 is 12.0. The van der Waals surface area contributed by atoms with E-state index in [-0.39, 0.29) is 6.04 Å². The molecule has 17 heavy (non-hydrogen) atoms. The molecule has 0 spiro atoms. The zero-order valence-electron chi connectivity index (χ0n) is 9.46. The van der Waals surface area contributed by atoms with Crippen molar-refractivity contribution in [3.8, 4) is 0 Å². The normalized spacial score (nSPS) is 17.2.